The first-order chi connectivity index (χ1) is 9.08. The van der Waals surface area contributed by atoms with Gasteiger partial charge < -0.3 is 16.0 Å². The summed E-state index contributed by atoms with van der Waals surface area (Å²) in [6.45, 7) is 7.98. The summed E-state index contributed by atoms with van der Waals surface area (Å²) >= 11 is 0. The van der Waals surface area contributed by atoms with Gasteiger partial charge in [0.1, 0.15) is 5.82 Å². The summed E-state index contributed by atoms with van der Waals surface area (Å²) in [6.07, 6.45) is 1.12. The molecule has 1 aromatic heterocycles. The fourth-order valence-electron chi connectivity index (χ4n) is 1.81. The molecule has 1 rings (SSSR count). The van der Waals surface area contributed by atoms with Gasteiger partial charge in [0.25, 0.3) is 0 Å². The highest BCUT2D eigenvalue weighted by Gasteiger charge is 2.12. The number of hydrogen-bond acceptors (Lipinski definition) is 6. The van der Waals surface area contributed by atoms with Gasteiger partial charge >= 0.3 is 5.69 Å². The number of nitrogen functional groups attached to an aromatic ring is 1. The van der Waals surface area contributed by atoms with Crippen LogP contribution in [0.25, 0.3) is 0 Å². The molecule has 19 heavy (non-hydrogen) atoms. The Morgan fingerprint density at radius 2 is 2.16 bits per heavy atom. The molecule has 0 saturated carbocycles. The first kappa shape index (κ1) is 15.2. The molecule has 0 amide bonds. The van der Waals surface area contributed by atoms with Gasteiger partial charge in [0.15, 0.2) is 0 Å². The fraction of sp³-hybridized carbons (Fsp3) is 0.583. The van der Waals surface area contributed by atoms with Crippen LogP contribution >= 0.6 is 0 Å². The number of nitrogens with one attached hydrogen (secondary N) is 1. The second kappa shape index (κ2) is 7.52. The minimum atomic E-state index is -0.536. The zero-order valence-electron chi connectivity index (χ0n) is 11.4. The summed E-state index contributed by atoms with van der Waals surface area (Å²) in [7, 11) is 0. The molecule has 1 aromatic rings. The van der Waals surface area contributed by atoms with Crippen molar-refractivity contribution >= 4 is 17.3 Å². The van der Waals surface area contributed by atoms with Crippen LogP contribution in [0.5, 0.6) is 0 Å². The minimum Gasteiger partial charge on any atom is -0.378 e. The van der Waals surface area contributed by atoms with Crippen molar-refractivity contribution in [1.29, 1.82) is 0 Å². The molecule has 106 valence electrons. The lowest BCUT2D eigenvalue weighted by Gasteiger charge is -2.19. The molecular weight excluding hydrogens is 246 g/mol. The third kappa shape index (κ3) is 4.70. The Hall–Kier alpha value is -1.89. The standard InChI is InChI=1S/C12H21N5O2/c1-3-8-16(4-2)9-7-14-11-6-5-10(17(18)19)12(13)15-11/h5-6H,3-4,7-9H2,1-2H3,(H3,13,14,15). The first-order valence-electron chi connectivity index (χ1n) is 6.45. The van der Waals surface area contributed by atoms with E-state index in [2.05, 4.69) is 29.0 Å². The zero-order valence-corrected chi connectivity index (χ0v) is 11.4. The van der Waals surface area contributed by atoms with E-state index >= 15 is 0 Å². The van der Waals surface area contributed by atoms with Crippen LogP contribution < -0.4 is 11.1 Å². The van der Waals surface area contributed by atoms with E-state index in [1.54, 1.807) is 6.07 Å². The molecule has 0 aliphatic rings. The maximum atomic E-state index is 10.6. The molecule has 7 heteroatoms. The predicted molar refractivity (Wildman–Crippen MR) is 76.2 cm³/mol. The molecule has 1 heterocycles. The number of rotatable bonds is 8. The van der Waals surface area contributed by atoms with Crippen LogP contribution in [0.1, 0.15) is 20.3 Å². The summed E-state index contributed by atoms with van der Waals surface area (Å²) < 4.78 is 0. The Balaban J connectivity index is 2.50. The number of pyridine rings is 1. The van der Waals surface area contributed by atoms with Gasteiger partial charge in [-0.05, 0) is 25.6 Å². The molecule has 0 aliphatic carbocycles. The molecule has 0 saturated heterocycles. The molecule has 0 atom stereocenters. The summed E-state index contributed by atoms with van der Waals surface area (Å²) in [4.78, 5) is 16.4. The highest BCUT2D eigenvalue weighted by atomic mass is 16.6. The summed E-state index contributed by atoms with van der Waals surface area (Å²) in [5.74, 6) is 0.506. The molecule has 0 fully saturated rings. The summed E-state index contributed by atoms with van der Waals surface area (Å²) in [5, 5.41) is 13.7. The van der Waals surface area contributed by atoms with Gasteiger partial charge in [-0.15, -0.1) is 0 Å². The average Bonchev–Trinajstić information content (AvgIpc) is 2.37. The third-order valence-electron chi connectivity index (χ3n) is 2.82. The number of anilines is 2. The molecule has 0 bridgehead atoms. The van der Waals surface area contributed by atoms with E-state index in [1.165, 1.54) is 6.07 Å². The number of nitro groups is 1. The maximum Gasteiger partial charge on any atom is 0.311 e. The Kier molecular flexibility index (Phi) is 6.01. The average molecular weight is 267 g/mol. The monoisotopic (exact) mass is 267 g/mol. The molecule has 0 aliphatic heterocycles. The highest BCUT2D eigenvalue weighted by molar-refractivity contribution is 5.57. The smallest absolute Gasteiger partial charge is 0.311 e. The Morgan fingerprint density at radius 3 is 2.68 bits per heavy atom. The van der Waals surface area contributed by atoms with Crippen LogP contribution in [-0.4, -0.2) is 41.0 Å². The lowest BCUT2D eigenvalue weighted by Crippen LogP contribution is -2.29. The topological polar surface area (TPSA) is 97.3 Å². The third-order valence-corrected chi connectivity index (χ3v) is 2.82. The van der Waals surface area contributed by atoms with Crippen LogP contribution in [0.3, 0.4) is 0 Å². The molecule has 7 nitrogen and oxygen atoms in total. The Morgan fingerprint density at radius 1 is 1.42 bits per heavy atom. The quantitative estimate of drug-likeness (QED) is 0.549. The number of hydrogen-bond donors (Lipinski definition) is 2. The van der Waals surface area contributed by atoms with Gasteiger partial charge in [-0.3, -0.25) is 10.1 Å². The summed E-state index contributed by atoms with van der Waals surface area (Å²) in [5.41, 5.74) is 5.36. The number of nitrogens with two attached hydrogens (primary N) is 1. The van der Waals surface area contributed by atoms with Gasteiger partial charge in [0, 0.05) is 19.2 Å². The lowest BCUT2D eigenvalue weighted by molar-refractivity contribution is -0.384. The number of aromatic nitrogens is 1. The van der Waals surface area contributed by atoms with Crippen molar-refractivity contribution < 1.29 is 4.92 Å². The van der Waals surface area contributed by atoms with Gasteiger partial charge in [0.2, 0.25) is 5.82 Å². The van der Waals surface area contributed by atoms with Gasteiger partial charge in [-0.2, -0.15) is 0 Å². The SMILES string of the molecule is CCCN(CC)CCNc1ccc([N+](=O)[O-])c(N)n1. The minimum absolute atomic E-state index is 0.0593. The summed E-state index contributed by atoms with van der Waals surface area (Å²) in [6, 6.07) is 2.94. The number of nitrogens with zero attached hydrogens (tertiary/aromatic N) is 3. The van der Waals surface area contributed by atoms with E-state index < -0.39 is 4.92 Å². The van der Waals surface area contributed by atoms with Gasteiger partial charge in [-0.1, -0.05) is 13.8 Å². The fourth-order valence-corrected chi connectivity index (χ4v) is 1.81. The second-order valence-electron chi connectivity index (χ2n) is 4.22. The van der Waals surface area contributed by atoms with Crippen LogP contribution in [-0.2, 0) is 0 Å². The zero-order chi connectivity index (χ0) is 14.3. The van der Waals surface area contributed by atoms with E-state index in [1.807, 2.05) is 0 Å². The molecule has 0 aromatic carbocycles. The van der Waals surface area contributed by atoms with Gasteiger partial charge in [-0.25, -0.2) is 4.98 Å². The van der Waals surface area contributed by atoms with Crippen molar-refractivity contribution in [2.75, 3.05) is 37.2 Å². The molecular formula is C12H21N5O2. The Bertz CT molecular complexity index is 425. The highest BCUT2D eigenvalue weighted by Crippen LogP contribution is 2.20. The van der Waals surface area contributed by atoms with E-state index in [9.17, 15) is 10.1 Å². The van der Waals surface area contributed by atoms with Crippen molar-refractivity contribution in [2.45, 2.75) is 20.3 Å². The van der Waals surface area contributed by atoms with Gasteiger partial charge in [0.05, 0.1) is 4.92 Å². The van der Waals surface area contributed by atoms with Crippen LogP contribution in [0, 0.1) is 10.1 Å². The van der Waals surface area contributed by atoms with E-state index in [4.69, 9.17) is 5.73 Å². The maximum absolute atomic E-state index is 10.6. The number of likely N-dealkylation sites (N-methyl/N-ethyl adjacent to an activating group) is 1. The largest absolute Gasteiger partial charge is 0.378 e. The normalized spacial score (nSPS) is 10.7. The van der Waals surface area contributed by atoms with Crippen molar-refractivity contribution in [3.05, 3.63) is 22.2 Å². The van der Waals surface area contributed by atoms with Crippen molar-refractivity contribution in [3.63, 3.8) is 0 Å². The first-order valence-corrected chi connectivity index (χ1v) is 6.45. The van der Waals surface area contributed by atoms with Crippen molar-refractivity contribution in [2.24, 2.45) is 0 Å². The lowest BCUT2D eigenvalue weighted by atomic mass is 10.3. The second-order valence-corrected chi connectivity index (χ2v) is 4.22. The molecule has 0 unspecified atom stereocenters. The van der Waals surface area contributed by atoms with Crippen molar-refractivity contribution in [1.82, 2.24) is 9.88 Å². The van der Waals surface area contributed by atoms with E-state index in [0.717, 1.165) is 32.6 Å². The van der Waals surface area contributed by atoms with Crippen LogP contribution in [0.2, 0.25) is 0 Å². The Labute approximate surface area is 113 Å². The van der Waals surface area contributed by atoms with E-state index in [0.29, 0.717) is 5.82 Å². The van der Waals surface area contributed by atoms with E-state index in [-0.39, 0.29) is 11.5 Å². The molecule has 3 N–H and O–H groups in total. The predicted octanol–water partition coefficient (Wildman–Crippen LogP) is 1.72. The molecule has 0 radical (unpaired) electrons. The van der Waals surface area contributed by atoms with Crippen LogP contribution in [0.4, 0.5) is 17.3 Å². The van der Waals surface area contributed by atoms with Crippen LogP contribution in [0.15, 0.2) is 12.1 Å². The van der Waals surface area contributed by atoms with Crippen molar-refractivity contribution in [3.8, 4) is 0 Å². The molecule has 0 spiro atoms.